The standard InChI is InChI=1S/C36H33N2O.C17H20N.Ir/c1-21(2)30-17-26(25-11-8-7-9-12-25)18-31(22(3)4)34(30)32-19-33(37-20-23(32)5)29-14-10-13-27-28-16-15-24(6)38-36(28)39-35(27)29;1-13-12-18-16(14-8-6-5-7-9-14)10-15(13)11-17(2,3)4;/h7-13,15-22H,1-6H3;5-8,10,12H,11H2,1-4H3;/q2*-1;/i5D3,6D3,21D,22D;1D3,11D2;. The van der Waals surface area contributed by atoms with Gasteiger partial charge in [-0.2, -0.15) is 0 Å². The van der Waals surface area contributed by atoms with Crippen molar-refractivity contribution in [1.29, 1.82) is 0 Å². The first kappa shape index (κ1) is 28.2. The summed E-state index contributed by atoms with van der Waals surface area (Å²) in [6, 6.07) is 36.8. The SMILES string of the molecule is [2H]C([2H])([2H])c1ccc2c(n1)oc1c(-c3cc(-c4c(C([2H])(C)C)cc(-c5ccccc5)cc4C([2H])(C)C)c(C([2H])([2H])[2H])cn3)[c-]ccc12.[2H]C([2H])([2H])c1cnc(-c2[c-]cccc2)cc1C([2H])([2H])C(C)(C)C.[Ir]. The average Bonchev–Trinajstić information content (AvgIpc) is 3.65. The van der Waals surface area contributed by atoms with E-state index in [1.807, 2.05) is 60.7 Å². The summed E-state index contributed by atoms with van der Waals surface area (Å²) in [7, 11) is 0. The van der Waals surface area contributed by atoms with Gasteiger partial charge in [0.2, 0.25) is 5.71 Å². The largest absolute Gasteiger partial charge is 0.486 e. The first-order valence-electron chi connectivity index (χ1n) is 25.3. The average molecular weight is 953 g/mol. The van der Waals surface area contributed by atoms with Crippen LogP contribution >= 0.6 is 0 Å². The molecule has 4 heterocycles. The summed E-state index contributed by atoms with van der Waals surface area (Å²) >= 11 is 0. The first-order chi connectivity index (χ1) is 32.3. The second kappa shape index (κ2) is 17.7. The molecule has 0 spiro atoms. The second-order valence-electron chi connectivity index (χ2n) is 15.4. The molecule has 0 unspecified atom stereocenters. The zero-order chi connectivity index (χ0) is 51.6. The molecule has 0 fully saturated rings. The van der Waals surface area contributed by atoms with Crippen LogP contribution in [-0.2, 0) is 26.5 Å². The van der Waals surface area contributed by atoms with Gasteiger partial charge in [-0.25, -0.2) is 4.98 Å². The molecule has 58 heavy (non-hydrogen) atoms. The molecule has 0 amide bonds. The van der Waals surface area contributed by atoms with E-state index >= 15 is 0 Å². The first-order valence-corrected chi connectivity index (χ1v) is 18.8. The molecule has 0 saturated heterocycles. The van der Waals surface area contributed by atoms with Crippen molar-refractivity contribution in [3.05, 3.63) is 161 Å². The molecule has 0 saturated carbocycles. The predicted molar refractivity (Wildman–Crippen MR) is 239 cm³/mol. The van der Waals surface area contributed by atoms with E-state index in [1.54, 1.807) is 84.9 Å². The molecule has 0 aliphatic carbocycles. The Morgan fingerprint density at radius 3 is 2.09 bits per heavy atom. The van der Waals surface area contributed by atoms with Crippen molar-refractivity contribution in [1.82, 2.24) is 15.0 Å². The number of furan rings is 1. The molecule has 0 aliphatic rings. The van der Waals surface area contributed by atoms with Crippen LogP contribution in [0.4, 0.5) is 0 Å². The molecule has 4 aromatic heterocycles. The molecule has 0 N–H and O–H groups in total. The molecule has 0 atom stereocenters. The molecule has 297 valence electrons. The predicted octanol–water partition coefficient (Wildman–Crippen LogP) is 14.5. The van der Waals surface area contributed by atoms with Gasteiger partial charge in [-0.05, 0) is 112 Å². The molecular weight excluding hydrogens is 887 g/mol. The van der Waals surface area contributed by atoms with Gasteiger partial charge in [0, 0.05) is 61.4 Å². The van der Waals surface area contributed by atoms with Gasteiger partial charge >= 0.3 is 0 Å². The van der Waals surface area contributed by atoms with Gasteiger partial charge in [-0.15, -0.1) is 54.1 Å². The van der Waals surface area contributed by atoms with Crippen LogP contribution in [0.25, 0.3) is 66.8 Å². The molecule has 4 nitrogen and oxygen atoms in total. The van der Waals surface area contributed by atoms with E-state index in [0.29, 0.717) is 61.1 Å². The zero-order valence-electron chi connectivity index (χ0n) is 46.6. The third-order valence-electron chi connectivity index (χ3n) is 9.45. The van der Waals surface area contributed by atoms with E-state index in [1.165, 1.54) is 18.5 Å². The van der Waals surface area contributed by atoms with Gasteiger partial charge in [0.05, 0.1) is 5.58 Å². The zero-order valence-corrected chi connectivity index (χ0v) is 35.9. The third kappa shape index (κ3) is 9.23. The van der Waals surface area contributed by atoms with Crippen molar-refractivity contribution in [3.63, 3.8) is 0 Å². The third-order valence-corrected chi connectivity index (χ3v) is 9.45. The number of hydrogen-bond donors (Lipinski definition) is 0. The van der Waals surface area contributed by atoms with Gasteiger partial charge in [-0.3, -0.25) is 0 Å². The Balaban J connectivity index is 0.000000290. The Morgan fingerprint density at radius 2 is 1.43 bits per heavy atom. The molecular formula is C53H53IrN3O-2. The summed E-state index contributed by atoms with van der Waals surface area (Å²) in [5.74, 6) is -2.35. The van der Waals surface area contributed by atoms with Crippen LogP contribution < -0.4 is 0 Å². The number of fused-ring (bicyclic) bond motifs is 3. The van der Waals surface area contributed by atoms with Crippen molar-refractivity contribution in [2.24, 2.45) is 5.41 Å². The Hall–Kier alpha value is -5.22. The van der Waals surface area contributed by atoms with Crippen molar-refractivity contribution in [3.8, 4) is 44.8 Å². The van der Waals surface area contributed by atoms with Crippen LogP contribution in [0, 0.1) is 38.1 Å². The minimum Gasteiger partial charge on any atom is -0.486 e. The minimum atomic E-state index is -2.56. The van der Waals surface area contributed by atoms with E-state index in [9.17, 15) is 2.74 Å². The van der Waals surface area contributed by atoms with E-state index in [4.69, 9.17) is 19.5 Å². The quantitative estimate of drug-likeness (QED) is 0.149. The van der Waals surface area contributed by atoms with Crippen LogP contribution in [-0.4, -0.2) is 15.0 Å². The summed E-state index contributed by atoms with van der Waals surface area (Å²) in [6.45, 7) is 4.89. The Bertz CT molecular complexity index is 3160. The maximum Gasteiger partial charge on any atom is 0.216 e. The molecule has 1 radical (unpaired) electrons. The molecule has 8 aromatic rings. The van der Waals surface area contributed by atoms with Crippen LogP contribution in [0.15, 0.2) is 120 Å². The Labute approximate surface area is 376 Å². The normalized spacial score (nSPS) is 16.1. The number of nitrogens with zero attached hydrogens (tertiary/aromatic N) is 3. The fourth-order valence-electron chi connectivity index (χ4n) is 6.79. The topological polar surface area (TPSA) is 51.8 Å². The second-order valence-corrected chi connectivity index (χ2v) is 15.4. The number of aryl methyl sites for hydroxylation is 3. The van der Waals surface area contributed by atoms with Crippen molar-refractivity contribution < 1.29 is 42.3 Å². The monoisotopic (exact) mass is 953 g/mol. The summed E-state index contributed by atoms with van der Waals surface area (Å²) in [5.41, 5.74) is 5.54. The number of pyridine rings is 3. The van der Waals surface area contributed by atoms with E-state index in [2.05, 4.69) is 27.1 Å². The maximum atomic E-state index is 9.21. The molecule has 0 bridgehead atoms. The van der Waals surface area contributed by atoms with Crippen LogP contribution in [0.1, 0.15) is 112 Å². The maximum absolute atomic E-state index is 9.21. The van der Waals surface area contributed by atoms with E-state index in [-0.39, 0.29) is 48.2 Å². The van der Waals surface area contributed by atoms with E-state index < -0.39 is 44.1 Å². The number of benzene rings is 4. The van der Waals surface area contributed by atoms with Crippen LogP contribution in [0.2, 0.25) is 0 Å². The van der Waals surface area contributed by atoms with Gasteiger partial charge < -0.3 is 14.4 Å². The van der Waals surface area contributed by atoms with Crippen molar-refractivity contribution >= 4 is 22.1 Å². The number of rotatable bonds is 7. The van der Waals surface area contributed by atoms with Crippen molar-refractivity contribution in [2.75, 3.05) is 0 Å². The summed E-state index contributed by atoms with van der Waals surface area (Å²) in [6.07, 6.45) is 0.774. The molecule has 8 rings (SSSR count). The molecule has 5 heteroatoms. The van der Waals surface area contributed by atoms with Gasteiger partial charge in [0.1, 0.15) is 0 Å². The van der Waals surface area contributed by atoms with Gasteiger partial charge in [-0.1, -0.05) is 120 Å². The summed E-state index contributed by atoms with van der Waals surface area (Å²) in [4.78, 5) is 13.0. The summed E-state index contributed by atoms with van der Waals surface area (Å²) < 4.78 is 113. The molecule has 4 aromatic carbocycles. The van der Waals surface area contributed by atoms with Gasteiger partial charge in [0.15, 0.2) is 0 Å². The fourth-order valence-corrected chi connectivity index (χ4v) is 6.79. The number of aromatic nitrogens is 3. The van der Waals surface area contributed by atoms with Crippen LogP contribution in [0.5, 0.6) is 0 Å². The minimum absolute atomic E-state index is 0. The molecule has 0 aliphatic heterocycles. The Morgan fingerprint density at radius 1 is 0.724 bits per heavy atom. The Kier molecular flexibility index (Phi) is 8.63. The van der Waals surface area contributed by atoms with E-state index in [0.717, 1.165) is 11.1 Å². The van der Waals surface area contributed by atoms with Crippen LogP contribution in [0.3, 0.4) is 0 Å². The van der Waals surface area contributed by atoms with Gasteiger partial charge in [0.25, 0.3) is 0 Å². The number of hydrogen-bond acceptors (Lipinski definition) is 4. The summed E-state index contributed by atoms with van der Waals surface area (Å²) in [5, 5.41) is 1.30. The smallest absolute Gasteiger partial charge is 0.216 e. The fraction of sp³-hybridized carbons (Fsp3) is 0.264. The van der Waals surface area contributed by atoms with Crippen molar-refractivity contribution in [2.45, 2.75) is 87.2 Å².